The summed E-state index contributed by atoms with van der Waals surface area (Å²) in [6, 6.07) is 2.50. The van der Waals surface area contributed by atoms with Crippen molar-refractivity contribution in [3.8, 4) is 0 Å². The van der Waals surface area contributed by atoms with Gasteiger partial charge in [-0.05, 0) is 42.8 Å². The molecule has 11 heteroatoms. The lowest BCUT2D eigenvalue weighted by molar-refractivity contribution is -0.137. The van der Waals surface area contributed by atoms with E-state index in [1.165, 1.54) is 31.8 Å². The van der Waals surface area contributed by atoms with Gasteiger partial charge in [-0.2, -0.15) is 13.2 Å². The van der Waals surface area contributed by atoms with Crippen LogP contribution in [0.1, 0.15) is 36.8 Å². The fraction of sp³-hybridized carbons (Fsp3) is 0.500. The molecule has 0 atom stereocenters. The lowest BCUT2D eigenvalue weighted by Crippen LogP contribution is -2.50. The third-order valence-electron chi connectivity index (χ3n) is 5.82. The molecule has 1 saturated carbocycles. The SMILES string of the molecule is Cl.O=C1NC(=O)C(=Cc2cc(C(F)(F)F)cc(Cl)c2N2CCN(C3CCCC3)CC2)S1. The summed E-state index contributed by atoms with van der Waals surface area (Å²) in [5.41, 5.74) is -0.227. The number of rotatable bonds is 3. The lowest BCUT2D eigenvalue weighted by atomic mass is 10.0. The van der Waals surface area contributed by atoms with Crippen LogP contribution in [-0.2, 0) is 11.0 Å². The number of nitrogens with zero attached hydrogens (tertiary/aromatic N) is 2. The van der Waals surface area contributed by atoms with Gasteiger partial charge in [0, 0.05) is 37.8 Å². The first-order chi connectivity index (χ1) is 14.2. The van der Waals surface area contributed by atoms with E-state index in [1.807, 2.05) is 4.90 Å². The summed E-state index contributed by atoms with van der Waals surface area (Å²) < 4.78 is 40.1. The number of hydrogen-bond acceptors (Lipinski definition) is 5. The summed E-state index contributed by atoms with van der Waals surface area (Å²) in [4.78, 5) is 27.9. The van der Waals surface area contributed by atoms with Crippen molar-refractivity contribution < 1.29 is 22.8 Å². The molecule has 31 heavy (non-hydrogen) atoms. The number of halogens is 5. The Morgan fingerprint density at radius 3 is 2.29 bits per heavy atom. The smallest absolute Gasteiger partial charge is 0.367 e. The molecule has 2 heterocycles. The third-order valence-corrected chi connectivity index (χ3v) is 6.92. The summed E-state index contributed by atoms with van der Waals surface area (Å²) >= 11 is 7.00. The van der Waals surface area contributed by atoms with Crippen LogP contribution in [0.5, 0.6) is 0 Å². The fourth-order valence-corrected chi connectivity index (χ4v) is 5.39. The van der Waals surface area contributed by atoms with Crippen LogP contribution in [0.25, 0.3) is 6.08 Å². The van der Waals surface area contributed by atoms with Crippen LogP contribution >= 0.6 is 35.8 Å². The van der Waals surface area contributed by atoms with Crippen molar-refractivity contribution in [1.82, 2.24) is 10.2 Å². The molecule has 1 N–H and O–H groups in total. The number of amides is 2. The van der Waals surface area contributed by atoms with E-state index in [0.29, 0.717) is 36.6 Å². The Labute approximate surface area is 193 Å². The van der Waals surface area contributed by atoms with Gasteiger partial charge in [0.1, 0.15) is 0 Å². The molecule has 4 rings (SSSR count). The summed E-state index contributed by atoms with van der Waals surface area (Å²) in [6.07, 6.45) is 1.62. The minimum absolute atomic E-state index is 0. The van der Waals surface area contributed by atoms with Gasteiger partial charge in [0.15, 0.2) is 0 Å². The maximum atomic E-state index is 13.4. The maximum Gasteiger partial charge on any atom is 0.416 e. The molecule has 170 valence electrons. The molecule has 2 amide bonds. The van der Waals surface area contributed by atoms with Crippen LogP contribution in [0.2, 0.25) is 5.02 Å². The molecule has 0 unspecified atom stereocenters. The van der Waals surface area contributed by atoms with Crippen molar-refractivity contribution in [1.29, 1.82) is 0 Å². The van der Waals surface area contributed by atoms with E-state index in [9.17, 15) is 22.8 Å². The van der Waals surface area contributed by atoms with Crippen molar-refractivity contribution in [2.45, 2.75) is 37.9 Å². The number of carbonyl (C=O) groups is 2. The molecule has 3 aliphatic rings. The molecule has 0 radical (unpaired) electrons. The van der Waals surface area contributed by atoms with Gasteiger partial charge in [0.05, 0.1) is 21.2 Å². The Bertz CT molecular complexity index is 896. The van der Waals surface area contributed by atoms with Crippen molar-refractivity contribution in [3.05, 3.63) is 33.2 Å². The van der Waals surface area contributed by atoms with Crippen molar-refractivity contribution in [2.75, 3.05) is 31.1 Å². The van der Waals surface area contributed by atoms with Gasteiger partial charge >= 0.3 is 6.18 Å². The molecule has 0 bridgehead atoms. The zero-order valence-electron chi connectivity index (χ0n) is 16.5. The van der Waals surface area contributed by atoms with Crippen LogP contribution < -0.4 is 10.2 Å². The zero-order valence-corrected chi connectivity index (χ0v) is 18.9. The van der Waals surface area contributed by atoms with E-state index in [-0.39, 0.29) is 27.9 Å². The zero-order chi connectivity index (χ0) is 21.5. The molecule has 0 aromatic heterocycles. The van der Waals surface area contributed by atoms with Gasteiger partial charge in [-0.3, -0.25) is 19.8 Å². The molecule has 3 fully saturated rings. The van der Waals surface area contributed by atoms with Crippen LogP contribution in [0.4, 0.5) is 23.7 Å². The fourth-order valence-electron chi connectivity index (χ4n) is 4.37. The number of carbonyl (C=O) groups excluding carboxylic acids is 2. The van der Waals surface area contributed by atoms with Crippen LogP contribution in [0.3, 0.4) is 0 Å². The molecule has 0 spiro atoms. The standard InChI is InChI=1S/C20H21ClF3N3O2S.ClH/c21-15-11-13(20(22,23)24)9-12(10-16-18(28)25-19(29)30-16)17(15)27-7-5-26(6-8-27)14-3-1-2-4-14;/h9-11,14H,1-8H2,(H,25,28,29);1H. The minimum atomic E-state index is -4.57. The largest absolute Gasteiger partial charge is 0.416 e. The summed E-state index contributed by atoms with van der Waals surface area (Å²) in [6.45, 7) is 2.89. The first-order valence-electron chi connectivity index (χ1n) is 9.87. The van der Waals surface area contributed by atoms with Crippen LogP contribution in [0.15, 0.2) is 17.0 Å². The van der Waals surface area contributed by atoms with Gasteiger partial charge < -0.3 is 4.90 Å². The highest BCUT2D eigenvalue weighted by molar-refractivity contribution is 8.18. The molecular formula is C20H22Cl2F3N3O2S. The van der Waals surface area contributed by atoms with E-state index in [4.69, 9.17) is 11.6 Å². The Morgan fingerprint density at radius 2 is 1.74 bits per heavy atom. The van der Waals surface area contributed by atoms with E-state index in [0.717, 1.165) is 25.2 Å². The van der Waals surface area contributed by atoms with Crippen molar-refractivity contribution in [3.63, 3.8) is 0 Å². The van der Waals surface area contributed by atoms with Gasteiger partial charge in [-0.15, -0.1) is 12.4 Å². The number of thioether (sulfide) groups is 1. The number of anilines is 1. The topological polar surface area (TPSA) is 52.7 Å². The van der Waals surface area contributed by atoms with Crippen LogP contribution in [0, 0.1) is 0 Å². The van der Waals surface area contributed by atoms with E-state index in [2.05, 4.69) is 10.2 Å². The monoisotopic (exact) mass is 495 g/mol. The van der Waals surface area contributed by atoms with Gasteiger partial charge in [-0.25, -0.2) is 0 Å². The van der Waals surface area contributed by atoms with Gasteiger partial charge in [0.25, 0.3) is 11.1 Å². The molecule has 1 aromatic carbocycles. The van der Waals surface area contributed by atoms with Crippen molar-refractivity contribution in [2.24, 2.45) is 0 Å². The lowest BCUT2D eigenvalue weighted by Gasteiger charge is -2.40. The molecule has 2 saturated heterocycles. The first-order valence-corrected chi connectivity index (χ1v) is 11.1. The molecule has 1 aromatic rings. The highest BCUT2D eigenvalue weighted by Crippen LogP contribution is 2.40. The van der Waals surface area contributed by atoms with E-state index in [1.54, 1.807) is 0 Å². The number of piperazine rings is 1. The summed E-state index contributed by atoms with van der Waals surface area (Å²) in [7, 11) is 0. The number of hydrogen-bond donors (Lipinski definition) is 1. The second-order valence-electron chi connectivity index (χ2n) is 7.71. The second kappa shape index (κ2) is 9.60. The first kappa shape index (κ1) is 24.2. The van der Waals surface area contributed by atoms with E-state index < -0.39 is 22.9 Å². The summed E-state index contributed by atoms with van der Waals surface area (Å²) in [5, 5.41) is 1.57. The average molecular weight is 496 g/mol. The number of imide groups is 1. The third kappa shape index (κ3) is 5.32. The Morgan fingerprint density at radius 1 is 1.10 bits per heavy atom. The number of alkyl halides is 3. The molecule has 2 aliphatic heterocycles. The maximum absolute atomic E-state index is 13.4. The molecular weight excluding hydrogens is 474 g/mol. The number of nitrogens with one attached hydrogen (secondary N) is 1. The average Bonchev–Trinajstić information content (AvgIpc) is 3.31. The minimum Gasteiger partial charge on any atom is -0.367 e. The summed E-state index contributed by atoms with van der Waals surface area (Å²) in [5.74, 6) is -0.615. The van der Waals surface area contributed by atoms with Crippen LogP contribution in [-0.4, -0.2) is 48.3 Å². The highest BCUT2D eigenvalue weighted by Gasteiger charge is 2.34. The highest BCUT2D eigenvalue weighted by atomic mass is 35.5. The predicted octanol–water partition coefficient (Wildman–Crippen LogP) is 5.17. The van der Waals surface area contributed by atoms with Crippen molar-refractivity contribution >= 4 is 58.7 Å². The normalized spacial score (nSPS) is 22.2. The Balaban J connectivity index is 0.00000272. The van der Waals surface area contributed by atoms with Gasteiger partial charge in [-0.1, -0.05) is 24.4 Å². The quantitative estimate of drug-likeness (QED) is 0.586. The molecule has 5 nitrogen and oxygen atoms in total. The van der Waals surface area contributed by atoms with E-state index >= 15 is 0 Å². The number of benzene rings is 1. The molecule has 1 aliphatic carbocycles. The predicted molar refractivity (Wildman–Crippen MR) is 119 cm³/mol. The Hall–Kier alpha value is -1.42. The Kier molecular flexibility index (Phi) is 7.50. The second-order valence-corrected chi connectivity index (χ2v) is 9.13. The van der Waals surface area contributed by atoms with Gasteiger partial charge in [0.2, 0.25) is 0 Å².